The number of ether oxygens (including phenoxy) is 1. The first-order valence-corrected chi connectivity index (χ1v) is 8.61. The molecule has 0 fully saturated rings. The maximum Gasteiger partial charge on any atom is 0.265 e. The van der Waals surface area contributed by atoms with Crippen molar-refractivity contribution in [2.24, 2.45) is 0 Å². The fourth-order valence-electron chi connectivity index (χ4n) is 2.84. The first kappa shape index (κ1) is 15.6. The van der Waals surface area contributed by atoms with Gasteiger partial charge in [-0.25, -0.2) is 9.97 Å². The number of rotatable bonds is 4. The highest BCUT2D eigenvalue weighted by molar-refractivity contribution is 7.07. The van der Waals surface area contributed by atoms with Crippen molar-refractivity contribution < 1.29 is 9.53 Å². The Labute approximate surface area is 148 Å². The minimum absolute atomic E-state index is 0.106. The Morgan fingerprint density at radius 2 is 2.20 bits per heavy atom. The predicted molar refractivity (Wildman–Crippen MR) is 92.6 cm³/mol. The molecule has 25 heavy (non-hydrogen) atoms. The van der Waals surface area contributed by atoms with Gasteiger partial charge in [-0.3, -0.25) is 4.79 Å². The maximum absolute atomic E-state index is 12.2. The van der Waals surface area contributed by atoms with Crippen molar-refractivity contribution in [1.82, 2.24) is 24.9 Å². The lowest BCUT2D eigenvalue weighted by molar-refractivity contribution is 0.0937. The number of carbonyl (C=O) groups is 1. The van der Waals surface area contributed by atoms with Crippen molar-refractivity contribution in [2.75, 3.05) is 6.54 Å². The molecule has 8 heteroatoms. The summed E-state index contributed by atoms with van der Waals surface area (Å²) in [6, 6.07) is 6.03. The molecular weight excluding hydrogens is 338 g/mol. The molecular formula is C17H15N5O2S. The molecule has 1 amide bonds. The highest BCUT2D eigenvalue weighted by Crippen LogP contribution is 2.38. The zero-order valence-corrected chi connectivity index (χ0v) is 14.3. The number of aromatic nitrogens is 4. The average Bonchev–Trinajstić information content (AvgIpc) is 3.25. The second kappa shape index (κ2) is 6.56. The van der Waals surface area contributed by atoms with Gasteiger partial charge in [0.05, 0.1) is 12.2 Å². The van der Waals surface area contributed by atoms with E-state index < -0.39 is 0 Å². The van der Waals surface area contributed by atoms with Crippen molar-refractivity contribution in [3.05, 3.63) is 53.1 Å². The summed E-state index contributed by atoms with van der Waals surface area (Å²) >= 11 is 1.10. The number of para-hydroxylation sites is 1. The van der Waals surface area contributed by atoms with Crippen LogP contribution in [0.1, 0.15) is 20.9 Å². The molecule has 2 aromatic heterocycles. The van der Waals surface area contributed by atoms with E-state index in [1.807, 2.05) is 18.2 Å². The van der Waals surface area contributed by atoms with Crippen LogP contribution in [0.2, 0.25) is 0 Å². The van der Waals surface area contributed by atoms with E-state index in [4.69, 9.17) is 4.74 Å². The van der Waals surface area contributed by atoms with Crippen LogP contribution in [-0.2, 0) is 6.42 Å². The Morgan fingerprint density at radius 3 is 2.96 bits per heavy atom. The lowest BCUT2D eigenvalue weighted by atomic mass is 10.0. The quantitative estimate of drug-likeness (QED) is 0.772. The van der Waals surface area contributed by atoms with E-state index in [0.29, 0.717) is 17.1 Å². The van der Waals surface area contributed by atoms with Crippen molar-refractivity contribution in [1.29, 1.82) is 0 Å². The van der Waals surface area contributed by atoms with E-state index in [9.17, 15) is 4.79 Å². The lowest BCUT2D eigenvalue weighted by Crippen LogP contribution is -2.34. The normalized spacial score (nSPS) is 15.5. The third kappa shape index (κ3) is 3.08. The van der Waals surface area contributed by atoms with Crippen LogP contribution in [0.15, 0.2) is 36.9 Å². The van der Waals surface area contributed by atoms with Gasteiger partial charge in [0.1, 0.15) is 23.1 Å². The van der Waals surface area contributed by atoms with E-state index in [1.54, 1.807) is 19.3 Å². The SMILES string of the molecule is Cc1nnsc1C(=O)NCC1Cc2cccc(-c3cncnc3)c2O1. The molecule has 0 bridgehead atoms. The summed E-state index contributed by atoms with van der Waals surface area (Å²) in [5, 5.41) is 6.76. The molecule has 126 valence electrons. The number of benzene rings is 1. The second-order valence-corrected chi connectivity index (χ2v) is 6.52. The number of fused-ring (bicyclic) bond motifs is 1. The Bertz CT molecular complexity index is 912. The van der Waals surface area contributed by atoms with Crippen LogP contribution >= 0.6 is 11.5 Å². The van der Waals surface area contributed by atoms with Gasteiger partial charge in [-0.1, -0.05) is 22.7 Å². The van der Waals surface area contributed by atoms with Gasteiger partial charge in [-0.05, 0) is 24.0 Å². The molecule has 7 nitrogen and oxygen atoms in total. The molecule has 1 aliphatic heterocycles. The summed E-state index contributed by atoms with van der Waals surface area (Å²) in [7, 11) is 0. The van der Waals surface area contributed by atoms with Crippen LogP contribution in [0.3, 0.4) is 0 Å². The summed E-state index contributed by atoms with van der Waals surface area (Å²) in [5.41, 5.74) is 3.64. The number of carbonyl (C=O) groups excluding carboxylic acids is 1. The standard InChI is InChI=1S/C17H15N5O2S/c1-10-16(25-22-21-10)17(23)20-8-13-5-11-3-2-4-14(15(11)24-13)12-6-18-9-19-7-12/h2-4,6-7,9,13H,5,8H2,1H3,(H,20,23). The zero-order chi connectivity index (χ0) is 17.2. The Morgan fingerprint density at radius 1 is 1.36 bits per heavy atom. The van der Waals surface area contributed by atoms with Crippen molar-refractivity contribution in [3.63, 3.8) is 0 Å². The average molecular weight is 353 g/mol. The molecule has 0 saturated heterocycles. The van der Waals surface area contributed by atoms with Crippen LogP contribution in [0, 0.1) is 6.92 Å². The van der Waals surface area contributed by atoms with Crippen molar-refractivity contribution in [3.8, 4) is 16.9 Å². The molecule has 3 aromatic rings. The van der Waals surface area contributed by atoms with E-state index in [0.717, 1.165) is 40.4 Å². The van der Waals surface area contributed by atoms with Gasteiger partial charge in [0.15, 0.2) is 0 Å². The second-order valence-electron chi connectivity index (χ2n) is 5.76. The van der Waals surface area contributed by atoms with Gasteiger partial charge in [-0.15, -0.1) is 5.10 Å². The van der Waals surface area contributed by atoms with Gasteiger partial charge in [0, 0.05) is 29.9 Å². The smallest absolute Gasteiger partial charge is 0.265 e. The molecule has 1 aromatic carbocycles. The molecule has 1 N–H and O–H groups in total. The molecule has 0 spiro atoms. The van der Waals surface area contributed by atoms with Gasteiger partial charge in [0.25, 0.3) is 5.91 Å². The van der Waals surface area contributed by atoms with E-state index in [2.05, 4.69) is 24.9 Å². The van der Waals surface area contributed by atoms with Gasteiger partial charge in [0.2, 0.25) is 0 Å². The molecule has 0 saturated carbocycles. The number of nitrogens with one attached hydrogen (secondary N) is 1. The fourth-order valence-corrected chi connectivity index (χ4v) is 3.42. The van der Waals surface area contributed by atoms with Crippen molar-refractivity contribution >= 4 is 17.4 Å². The fraction of sp³-hybridized carbons (Fsp3) is 0.235. The Hall–Kier alpha value is -2.87. The van der Waals surface area contributed by atoms with Crippen LogP contribution in [-0.4, -0.2) is 38.1 Å². The topological polar surface area (TPSA) is 89.9 Å². The third-order valence-electron chi connectivity index (χ3n) is 4.05. The third-order valence-corrected chi connectivity index (χ3v) is 4.88. The molecule has 3 heterocycles. The Kier molecular flexibility index (Phi) is 4.10. The van der Waals surface area contributed by atoms with E-state index >= 15 is 0 Å². The number of amides is 1. The summed E-state index contributed by atoms with van der Waals surface area (Å²) < 4.78 is 9.88. The van der Waals surface area contributed by atoms with Crippen LogP contribution in [0.25, 0.3) is 11.1 Å². The molecule has 0 aliphatic carbocycles. The molecule has 1 atom stereocenters. The first-order valence-electron chi connectivity index (χ1n) is 7.83. The van der Waals surface area contributed by atoms with Gasteiger partial charge in [-0.2, -0.15) is 0 Å². The van der Waals surface area contributed by atoms with Gasteiger partial charge >= 0.3 is 0 Å². The summed E-state index contributed by atoms with van der Waals surface area (Å²) in [4.78, 5) is 20.9. The number of hydrogen-bond donors (Lipinski definition) is 1. The Balaban J connectivity index is 1.47. The molecule has 1 unspecified atom stereocenters. The van der Waals surface area contributed by atoms with Crippen LogP contribution in [0.5, 0.6) is 5.75 Å². The number of aryl methyl sites for hydroxylation is 1. The van der Waals surface area contributed by atoms with Crippen molar-refractivity contribution in [2.45, 2.75) is 19.4 Å². The number of nitrogens with zero attached hydrogens (tertiary/aromatic N) is 4. The monoisotopic (exact) mass is 353 g/mol. The minimum Gasteiger partial charge on any atom is -0.487 e. The van der Waals surface area contributed by atoms with Crippen LogP contribution in [0.4, 0.5) is 0 Å². The molecule has 1 aliphatic rings. The summed E-state index contributed by atoms with van der Waals surface area (Å²) in [6.45, 7) is 2.20. The van der Waals surface area contributed by atoms with E-state index in [1.165, 1.54) is 6.33 Å². The highest BCUT2D eigenvalue weighted by atomic mass is 32.1. The maximum atomic E-state index is 12.2. The van der Waals surface area contributed by atoms with Gasteiger partial charge < -0.3 is 10.1 Å². The van der Waals surface area contributed by atoms with E-state index in [-0.39, 0.29) is 12.0 Å². The lowest BCUT2D eigenvalue weighted by Gasteiger charge is -2.13. The molecule has 4 rings (SSSR count). The number of hydrogen-bond acceptors (Lipinski definition) is 7. The largest absolute Gasteiger partial charge is 0.487 e. The predicted octanol–water partition coefficient (Wildman–Crippen LogP) is 2.04. The first-order chi connectivity index (χ1) is 12.2. The molecule has 0 radical (unpaired) electrons. The summed E-state index contributed by atoms with van der Waals surface area (Å²) in [5.74, 6) is 0.677. The summed E-state index contributed by atoms with van der Waals surface area (Å²) in [6.07, 6.45) is 5.67. The minimum atomic E-state index is -0.163. The van der Waals surface area contributed by atoms with Crippen LogP contribution < -0.4 is 10.1 Å². The highest BCUT2D eigenvalue weighted by Gasteiger charge is 2.26. The zero-order valence-electron chi connectivity index (χ0n) is 13.5.